The van der Waals surface area contributed by atoms with Gasteiger partial charge in [-0.05, 0) is 36.7 Å². The third-order valence-corrected chi connectivity index (χ3v) is 4.25. The lowest BCUT2D eigenvalue weighted by Gasteiger charge is -2.11. The van der Waals surface area contributed by atoms with E-state index in [1.807, 2.05) is 19.9 Å². The van der Waals surface area contributed by atoms with Gasteiger partial charge in [0, 0.05) is 20.2 Å². The predicted molar refractivity (Wildman–Crippen MR) is 75.6 cm³/mol. The number of hydrogen-bond acceptors (Lipinski definition) is 4. The van der Waals surface area contributed by atoms with E-state index in [-0.39, 0.29) is 6.54 Å². The Morgan fingerprint density at radius 2 is 2.05 bits per heavy atom. The fourth-order valence-corrected chi connectivity index (χ4v) is 2.69. The number of hydrogen-bond donors (Lipinski definition) is 2. The van der Waals surface area contributed by atoms with Gasteiger partial charge < -0.3 is 10.1 Å². The molecule has 108 valence electrons. The summed E-state index contributed by atoms with van der Waals surface area (Å²) in [6.07, 6.45) is 0. The van der Waals surface area contributed by atoms with E-state index < -0.39 is 10.0 Å². The van der Waals surface area contributed by atoms with Gasteiger partial charge >= 0.3 is 0 Å². The largest absolute Gasteiger partial charge is 0.383 e. The summed E-state index contributed by atoms with van der Waals surface area (Å²) in [7, 11) is -1.92. The summed E-state index contributed by atoms with van der Waals surface area (Å²) in [4.78, 5) is 0.294. The Morgan fingerprint density at radius 1 is 1.32 bits per heavy atom. The Labute approximate surface area is 115 Å². The molecule has 19 heavy (non-hydrogen) atoms. The van der Waals surface area contributed by atoms with Gasteiger partial charge in [0.1, 0.15) is 0 Å². The van der Waals surface area contributed by atoms with E-state index >= 15 is 0 Å². The van der Waals surface area contributed by atoms with Crippen LogP contribution in [0.2, 0.25) is 0 Å². The molecule has 0 unspecified atom stereocenters. The Balaban J connectivity index is 2.88. The van der Waals surface area contributed by atoms with Gasteiger partial charge in [-0.3, -0.25) is 0 Å². The summed E-state index contributed by atoms with van der Waals surface area (Å²) in [5.74, 6) is 0. The zero-order valence-corrected chi connectivity index (χ0v) is 12.5. The maximum Gasteiger partial charge on any atom is 0.240 e. The molecular weight excluding hydrogens is 264 g/mol. The highest BCUT2D eigenvalue weighted by molar-refractivity contribution is 7.89. The molecule has 0 aliphatic carbocycles. The minimum absolute atomic E-state index is 0.273. The van der Waals surface area contributed by atoms with Crippen molar-refractivity contribution in [1.29, 1.82) is 0 Å². The Morgan fingerprint density at radius 3 is 2.68 bits per heavy atom. The first-order chi connectivity index (χ1) is 9.01. The first-order valence-corrected chi connectivity index (χ1v) is 7.78. The van der Waals surface area contributed by atoms with Gasteiger partial charge in [0.2, 0.25) is 10.0 Å². The fraction of sp³-hybridized carbons (Fsp3) is 0.538. The molecule has 0 atom stereocenters. The Hall–Kier alpha value is -0.950. The van der Waals surface area contributed by atoms with Crippen LogP contribution in [0.3, 0.4) is 0 Å². The van der Waals surface area contributed by atoms with Crippen LogP contribution in [-0.2, 0) is 21.3 Å². The molecular formula is C13H22N2O3S. The monoisotopic (exact) mass is 286 g/mol. The average Bonchev–Trinajstić information content (AvgIpc) is 2.37. The summed E-state index contributed by atoms with van der Waals surface area (Å²) in [6, 6.07) is 5.17. The van der Waals surface area contributed by atoms with Crippen LogP contribution in [0.5, 0.6) is 0 Å². The Kier molecular flexibility index (Phi) is 6.44. The zero-order valence-electron chi connectivity index (χ0n) is 11.7. The van der Waals surface area contributed by atoms with Crippen molar-refractivity contribution in [2.24, 2.45) is 0 Å². The van der Waals surface area contributed by atoms with Crippen molar-refractivity contribution in [2.75, 3.05) is 26.8 Å². The predicted octanol–water partition coefficient (Wildman–Crippen LogP) is 1.03. The lowest BCUT2D eigenvalue weighted by atomic mass is 10.1. The quantitative estimate of drug-likeness (QED) is 0.700. The number of aryl methyl sites for hydroxylation is 1. The SMILES string of the molecule is CCNCc1cc(S(=O)(=O)NCCOC)ccc1C. The molecule has 6 heteroatoms. The molecule has 5 nitrogen and oxygen atoms in total. The summed E-state index contributed by atoms with van der Waals surface area (Å²) in [5.41, 5.74) is 2.08. The van der Waals surface area contributed by atoms with E-state index in [0.717, 1.165) is 17.7 Å². The van der Waals surface area contributed by atoms with Crippen molar-refractivity contribution in [2.45, 2.75) is 25.3 Å². The van der Waals surface area contributed by atoms with Gasteiger partial charge in [0.15, 0.2) is 0 Å². The van der Waals surface area contributed by atoms with Gasteiger partial charge in [-0.15, -0.1) is 0 Å². The molecule has 0 saturated carbocycles. The highest BCUT2D eigenvalue weighted by Gasteiger charge is 2.14. The van der Waals surface area contributed by atoms with Crippen LogP contribution in [0.25, 0.3) is 0 Å². The molecule has 2 N–H and O–H groups in total. The van der Waals surface area contributed by atoms with Gasteiger partial charge in [0.05, 0.1) is 11.5 Å². The molecule has 0 amide bonds. The number of rotatable bonds is 8. The van der Waals surface area contributed by atoms with Crippen LogP contribution in [0.15, 0.2) is 23.1 Å². The highest BCUT2D eigenvalue weighted by Crippen LogP contribution is 2.15. The van der Waals surface area contributed by atoms with E-state index in [9.17, 15) is 8.42 Å². The van der Waals surface area contributed by atoms with Crippen molar-refractivity contribution in [3.8, 4) is 0 Å². The number of sulfonamides is 1. The van der Waals surface area contributed by atoms with Gasteiger partial charge in [-0.2, -0.15) is 0 Å². The van der Waals surface area contributed by atoms with Crippen molar-refractivity contribution in [3.05, 3.63) is 29.3 Å². The molecule has 0 saturated heterocycles. The lowest BCUT2D eigenvalue weighted by molar-refractivity contribution is 0.204. The normalized spacial score (nSPS) is 11.7. The second kappa shape index (κ2) is 7.59. The van der Waals surface area contributed by atoms with E-state index in [2.05, 4.69) is 10.0 Å². The average molecular weight is 286 g/mol. The second-order valence-corrected chi connectivity index (χ2v) is 6.03. The first kappa shape index (κ1) is 16.1. The van der Waals surface area contributed by atoms with Gasteiger partial charge in [-0.1, -0.05) is 13.0 Å². The van der Waals surface area contributed by atoms with Crippen LogP contribution < -0.4 is 10.0 Å². The second-order valence-electron chi connectivity index (χ2n) is 4.26. The smallest absolute Gasteiger partial charge is 0.240 e. The summed E-state index contributed by atoms with van der Waals surface area (Å²) in [6.45, 7) is 6.14. The minimum atomic E-state index is -3.45. The van der Waals surface area contributed by atoms with Crippen LogP contribution in [0.4, 0.5) is 0 Å². The number of methoxy groups -OCH3 is 1. The molecule has 0 fully saturated rings. The molecule has 1 rings (SSSR count). The first-order valence-electron chi connectivity index (χ1n) is 6.30. The van der Waals surface area contributed by atoms with E-state index in [4.69, 9.17) is 4.74 Å². The highest BCUT2D eigenvalue weighted by atomic mass is 32.2. The Bertz CT molecular complexity index is 501. The summed E-state index contributed by atoms with van der Waals surface area (Å²) < 4.78 is 31.5. The summed E-state index contributed by atoms with van der Waals surface area (Å²) >= 11 is 0. The molecule has 1 aromatic carbocycles. The van der Waals surface area contributed by atoms with Gasteiger partial charge in [-0.25, -0.2) is 13.1 Å². The molecule has 0 aliphatic rings. The molecule has 0 aliphatic heterocycles. The molecule has 1 aromatic rings. The van der Waals surface area contributed by atoms with Crippen LogP contribution in [0.1, 0.15) is 18.1 Å². The maximum absolute atomic E-state index is 12.1. The number of nitrogens with one attached hydrogen (secondary N) is 2. The fourth-order valence-electron chi connectivity index (χ4n) is 1.63. The van der Waals surface area contributed by atoms with Crippen molar-refractivity contribution in [1.82, 2.24) is 10.0 Å². The van der Waals surface area contributed by atoms with E-state index in [1.165, 1.54) is 7.11 Å². The van der Waals surface area contributed by atoms with Crippen molar-refractivity contribution >= 4 is 10.0 Å². The van der Waals surface area contributed by atoms with Crippen molar-refractivity contribution < 1.29 is 13.2 Å². The van der Waals surface area contributed by atoms with Crippen LogP contribution >= 0.6 is 0 Å². The van der Waals surface area contributed by atoms with Crippen LogP contribution in [0, 0.1) is 6.92 Å². The third-order valence-electron chi connectivity index (χ3n) is 2.79. The van der Waals surface area contributed by atoms with Crippen LogP contribution in [-0.4, -0.2) is 35.2 Å². The minimum Gasteiger partial charge on any atom is -0.383 e. The number of benzene rings is 1. The van der Waals surface area contributed by atoms with Crippen molar-refractivity contribution in [3.63, 3.8) is 0 Å². The zero-order chi connectivity index (χ0) is 14.3. The lowest BCUT2D eigenvalue weighted by Crippen LogP contribution is -2.27. The topological polar surface area (TPSA) is 67.4 Å². The number of ether oxygens (including phenoxy) is 1. The maximum atomic E-state index is 12.1. The molecule has 0 spiro atoms. The standard InChI is InChI=1S/C13H22N2O3S/c1-4-14-10-12-9-13(6-5-11(12)2)19(16,17)15-7-8-18-3/h5-6,9,14-15H,4,7-8,10H2,1-3H3. The third kappa shape index (κ3) is 4.91. The molecule has 0 radical (unpaired) electrons. The molecule has 0 heterocycles. The molecule has 0 bridgehead atoms. The summed E-state index contributed by atoms with van der Waals surface area (Å²) in [5, 5.41) is 3.20. The molecule has 0 aromatic heterocycles. The van der Waals surface area contributed by atoms with Gasteiger partial charge in [0.25, 0.3) is 0 Å². The van der Waals surface area contributed by atoms with E-state index in [0.29, 0.717) is 18.0 Å². The van der Waals surface area contributed by atoms with E-state index in [1.54, 1.807) is 12.1 Å².